The summed E-state index contributed by atoms with van der Waals surface area (Å²) in [5.74, 6) is 0.501. The molecule has 0 aliphatic heterocycles. The number of esters is 1. The Hall–Kier alpha value is -2.69. The van der Waals surface area contributed by atoms with E-state index in [4.69, 9.17) is 9.47 Å². The zero-order valence-corrected chi connectivity index (χ0v) is 14.1. The summed E-state index contributed by atoms with van der Waals surface area (Å²) in [7, 11) is 0. The van der Waals surface area contributed by atoms with E-state index in [0.29, 0.717) is 24.5 Å². The zero-order valence-electron chi connectivity index (χ0n) is 14.1. The predicted octanol–water partition coefficient (Wildman–Crippen LogP) is 5.46. The topological polar surface area (TPSA) is 60.2 Å². The van der Waals surface area contributed by atoms with Gasteiger partial charge in [0.1, 0.15) is 5.75 Å². The van der Waals surface area contributed by atoms with E-state index in [9.17, 15) is 4.79 Å². The Morgan fingerprint density at radius 1 is 0.917 bits per heavy atom. The van der Waals surface area contributed by atoms with Crippen molar-refractivity contribution in [1.29, 1.82) is 0 Å². The van der Waals surface area contributed by atoms with Gasteiger partial charge in [0.15, 0.2) is 0 Å². The molecule has 2 rings (SSSR count). The first-order chi connectivity index (χ1) is 11.7. The van der Waals surface area contributed by atoms with Crippen molar-refractivity contribution in [2.45, 2.75) is 26.7 Å². The van der Waals surface area contributed by atoms with Gasteiger partial charge in [-0.2, -0.15) is 10.2 Å². The Kier molecular flexibility index (Phi) is 6.95. The summed E-state index contributed by atoms with van der Waals surface area (Å²) in [6.07, 6.45) is 1.87. The number of rotatable bonds is 8. The quantitative estimate of drug-likeness (QED) is 0.368. The standard InChI is InChI=1S/C19H22N2O3/c1-3-5-14-24-19(22)15-6-8-16(9-7-15)20-21-17-10-12-18(13-11-17)23-4-2/h6-13H,3-5,14H2,1-2H3. The van der Waals surface area contributed by atoms with E-state index in [2.05, 4.69) is 17.2 Å². The summed E-state index contributed by atoms with van der Waals surface area (Å²) < 4.78 is 10.5. The molecule has 0 N–H and O–H groups in total. The van der Waals surface area contributed by atoms with E-state index >= 15 is 0 Å². The van der Waals surface area contributed by atoms with Crippen LogP contribution < -0.4 is 4.74 Å². The van der Waals surface area contributed by atoms with Crippen LogP contribution in [-0.4, -0.2) is 19.2 Å². The van der Waals surface area contributed by atoms with Crippen molar-refractivity contribution in [2.24, 2.45) is 10.2 Å². The Labute approximate surface area is 142 Å². The summed E-state index contributed by atoms with van der Waals surface area (Å²) in [6, 6.07) is 14.3. The number of carbonyl (C=O) groups is 1. The number of azo groups is 1. The molecule has 0 aromatic heterocycles. The molecule has 0 saturated carbocycles. The highest BCUT2D eigenvalue weighted by molar-refractivity contribution is 5.89. The number of hydrogen-bond donors (Lipinski definition) is 0. The molecule has 0 unspecified atom stereocenters. The molecule has 0 atom stereocenters. The van der Waals surface area contributed by atoms with Crippen LogP contribution in [0.3, 0.4) is 0 Å². The van der Waals surface area contributed by atoms with Crippen molar-refractivity contribution in [3.63, 3.8) is 0 Å². The van der Waals surface area contributed by atoms with Crippen LogP contribution in [0, 0.1) is 0 Å². The van der Waals surface area contributed by atoms with Gasteiger partial charge in [-0.25, -0.2) is 4.79 Å². The van der Waals surface area contributed by atoms with Crippen LogP contribution in [0.15, 0.2) is 58.8 Å². The van der Waals surface area contributed by atoms with E-state index in [0.717, 1.165) is 24.3 Å². The van der Waals surface area contributed by atoms with E-state index in [-0.39, 0.29) is 5.97 Å². The molecule has 126 valence electrons. The highest BCUT2D eigenvalue weighted by Gasteiger charge is 2.06. The summed E-state index contributed by atoms with van der Waals surface area (Å²) in [6.45, 7) is 5.08. The first kappa shape index (κ1) is 17.7. The van der Waals surface area contributed by atoms with Gasteiger partial charge < -0.3 is 9.47 Å². The van der Waals surface area contributed by atoms with E-state index in [1.54, 1.807) is 24.3 Å². The summed E-state index contributed by atoms with van der Waals surface area (Å²) in [5, 5.41) is 8.33. The van der Waals surface area contributed by atoms with E-state index in [1.165, 1.54) is 0 Å². The van der Waals surface area contributed by atoms with Gasteiger partial charge in [0, 0.05) is 0 Å². The normalized spacial score (nSPS) is 10.8. The van der Waals surface area contributed by atoms with Crippen molar-refractivity contribution in [3.05, 3.63) is 54.1 Å². The molecule has 24 heavy (non-hydrogen) atoms. The van der Waals surface area contributed by atoms with E-state index in [1.807, 2.05) is 31.2 Å². The molecule has 0 fully saturated rings. The summed E-state index contributed by atoms with van der Waals surface area (Å²) >= 11 is 0. The maximum atomic E-state index is 11.8. The molecule has 0 radical (unpaired) electrons. The minimum atomic E-state index is -0.307. The number of carbonyl (C=O) groups excluding carboxylic acids is 1. The Balaban J connectivity index is 1.94. The molecule has 5 nitrogen and oxygen atoms in total. The summed E-state index contributed by atoms with van der Waals surface area (Å²) in [4.78, 5) is 11.8. The largest absolute Gasteiger partial charge is 0.494 e. The fourth-order valence-corrected chi connectivity index (χ4v) is 1.95. The first-order valence-electron chi connectivity index (χ1n) is 8.14. The lowest BCUT2D eigenvalue weighted by molar-refractivity contribution is 0.0500. The van der Waals surface area contributed by atoms with Crippen LogP contribution in [-0.2, 0) is 4.74 Å². The minimum Gasteiger partial charge on any atom is -0.494 e. The van der Waals surface area contributed by atoms with Crippen LogP contribution >= 0.6 is 0 Å². The molecule has 0 aliphatic rings. The van der Waals surface area contributed by atoms with Gasteiger partial charge in [0.05, 0.1) is 30.2 Å². The molecule has 2 aromatic rings. The smallest absolute Gasteiger partial charge is 0.338 e. The van der Waals surface area contributed by atoms with Crippen molar-refractivity contribution in [3.8, 4) is 5.75 Å². The Morgan fingerprint density at radius 2 is 1.50 bits per heavy atom. The predicted molar refractivity (Wildman–Crippen MR) is 93.4 cm³/mol. The Bertz CT molecular complexity index is 664. The third-order valence-corrected chi connectivity index (χ3v) is 3.26. The van der Waals surface area contributed by atoms with Gasteiger partial charge in [-0.05, 0) is 61.9 Å². The number of unbranched alkanes of at least 4 members (excludes halogenated alkanes) is 1. The second-order valence-corrected chi connectivity index (χ2v) is 5.16. The summed E-state index contributed by atoms with van der Waals surface area (Å²) in [5.41, 5.74) is 1.93. The lowest BCUT2D eigenvalue weighted by Gasteiger charge is -2.03. The lowest BCUT2D eigenvalue weighted by Crippen LogP contribution is -2.05. The molecule has 0 amide bonds. The monoisotopic (exact) mass is 326 g/mol. The van der Waals surface area contributed by atoms with Gasteiger partial charge in [-0.15, -0.1) is 0 Å². The number of hydrogen-bond acceptors (Lipinski definition) is 5. The number of nitrogens with zero attached hydrogens (tertiary/aromatic N) is 2. The molecule has 0 spiro atoms. The SMILES string of the molecule is CCCCOC(=O)c1ccc(N=Nc2ccc(OCC)cc2)cc1. The number of benzene rings is 2. The highest BCUT2D eigenvalue weighted by atomic mass is 16.5. The maximum Gasteiger partial charge on any atom is 0.338 e. The third-order valence-electron chi connectivity index (χ3n) is 3.26. The van der Waals surface area contributed by atoms with Gasteiger partial charge in [0.25, 0.3) is 0 Å². The number of ether oxygens (including phenoxy) is 2. The van der Waals surface area contributed by atoms with Crippen molar-refractivity contribution >= 4 is 17.3 Å². The van der Waals surface area contributed by atoms with Gasteiger partial charge in [-0.1, -0.05) is 13.3 Å². The van der Waals surface area contributed by atoms with Crippen LogP contribution in [0.4, 0.5) is 11.4 Å². The van der Waals surface area contributed by atoms with Gasteiger partial charge >= 0.3 is 5.97 Å². The molecule has 2 aromatic carbocycles. The average Bonchev–Trinajstić information content (AvgIpc) is 2.62. The van der Waals surface area contributed by atoms with E-state index < -0.39 is 0 Å². The zero-order chi connectivity index (χ0) is 17.2. The Morgan fingerprint density at radius 3 is 2.04 bits per heavy atom. The van der Waals surface area contributed by atoms with Crippen molar-refractivity contribution in [1.82, 2.24) is 0 Å². The van der Waals surface area contributed by atoms with Crippen molar-refractivity contribution < 1.29 is 14.3 Å². The van der Waals surface area contributed by atoms with Crippen LogP contribution in [0.5, 0.6) is 5.75 Å². The van der Waals surface area contributed by atoms with Crippen LogP contribution in [0.1, 0.15) is 37.0 Å². The molecule has 5 heteroatoms. The highest BCUT2D eigenvalue weighted by Crippen LogP contribution is 2.21. The van der Waals surface area contributed by atoms with Gasteiger partial charge in [-0.3, -0.25) is 0 Å². The lowest BCUT2D eigenvalue weighted by atomic mass is 10.2. The molecular weight excluding hydrogens is 304 g/mol. The second-order valence-electron chi connectivity index (χ2n) is 5.16. The molecule has 0 saturated heterocycles. The van der Waals surface area contributed by atoms with Crippen LogP contribution in [0.25, 0.3) is 0 Å². The molecule has 0 bridgehead atoms. The van der Waals surface area contributed by atoms with Gasteiger partial charge in [0.2, 0.25) is 0 Å². The second kappa shape index (κ2) is 9.45. The average molecular weight is 326 g/mol. The first-order valence-corrected chi connectivity index (χ1v) is 8.14. The minimum absolute atomic E-state index is 0.307. The van der Waals surface area contributed by atoms with Crippen molar-refractivity contribution in [2.75, 3.05) is 13.2 Å². The fourth-order valence-electron chi connectivity index (χ4n) is 1.95. The molecule has 0 heterocycles. The third kappa shape index (κ3) is 5.50. The molecular formula is C19H22N2O3. The molecule has 0 aliphatic carbocycles. The van der Waals surface area contributed by atoms with Crippen LogP contribution in [0.2, 0.25) is 0 Å². The maximum absolute atomic E-state index is 11.8. The fraction of sp³-hybridized carbons (Fsp3) is 0.316.